The van der Waals surface area contributed by atoms with Crippen LogP contribution >= 0.6 is 15.9 Å². The Morgan fingerprint density at radius 2 is 1.95 bits per heavy atom. The van der Waals surface area contributed by atoms with Crippen LogP contribution < -0.4 is 5.32 Å². The van der Waals surface area contributed by atoms with E-state index in [1.807, 2.05) is 20.8 Å². The topological polar surface area (TPSA) is 83.5 Å². The van der Waals surface area contributed by atoms with Gasteiger partial charge < -0.3 is 10.4 Å². The Kier molecular flexibility index (Phi) is 5.47. The maximum atomic E-state index is 12.2. The average Bonchev–Trinajstić information content (AvgIpc) is 2.25. The van der Waals surface area contributed by atoms with Gasteiger partial charge in [-0.2, -0.15) is 0 Å². The maximum absolute atomic E-state index is 12.2. The molecule has 0 fully saturated rings. The Balaban J connectivity index is 2.95. The highest BCUT2D eigenvalue weighted by molar-refractivity contribution is 9.10. The molecule has 0 aromatic heterocycles. The smallest absolute Gasteiger partial charge is 0.336 e. The second-order valence-corrected chi connectivity index (χ2v) is 7.57. The number of aromatic carboxylic acids is 1. The van der Waals surface area contributed by atoms with Crippen molar-refractivity contribution in [2.45, 2.75) is 31.2 Å². The molecule has 0 aliphatic carbocycles. The number of halogens is 1. The van der Waals surface area contributed by atoms with E-state index in [0.717, 1.165) is 0 Å². The quantitative estimate of drug-likeness (QED) is 0.860. The van der Waals surface area contributed by atoms with Gasteiger partial charge in [-0.1, -0.05) is 15.9 Å². The highest BCUT2D eigenvalue weighted by atomic mass is 79.9. The van der Waals surface area contributed by atoms with Crippen LogP contribution in [0.15, 0.2) is 27.6 Å². The summed E-state index contributed by atoms with van der Waals surface area (Å²) in [7, 11) is -1.71. The summed E-state index contributed by atoms with van der Waals surface area (Å²) in [6.45, 7) is 5.45. The van der Waals surface area contributed by atoms with E-state index in [1.165, 1.54) is 12.1 Å². The van der Waals surface area contributed by atoms with Crippen molar-refractivity contribution in [3.05, 3.63) is 28.2 Å². The minimum atomic E-state index is -1.71. The van der Waals surface area contributed by atoms with Gasteiger partial charge in [0.1, 0.15) is 5.75 Å². The summed E-state index contributed by atoms with van der Waals surface area (Å²) in [6, 6.07) is 4.38. The van der Waals surface area contributed by atoms with Gasteiger partial charge in [0.25, 0.3) is 0 Å². The predicted octanol–water partition coefficient (Wildman–Crippen LogP) is 2.17. The SMILES string of the molecule is CC(C)(C)NC(=O)CS(=O)c1cc(Br)ccc1C(=O)O. The molecule has 110 valence electrons. The van der Waals surface area contributed by atoms with Crippen molar-refractivity contribution >= 4 is 38.6 Å². The number of carboxylic acids is 1. The van der Waals surface area contributed by atoms with Gasteiger partial charge in [0.2, 0.25) is 5.91 Å². The zero-order valence-corrected chi connectivity index (χ0v) is 13.8. The normalized spacial score (nSPS) is 12.8. The van der Waals surface area contributed by atoms with E-state index in [9.17, 15) is 13.8 Å². The number of carboxylic acid groups (broad SMARTS) is 1. The summed E-state index contributed by atoms with van der Waals surface area (Å²) in [6.07, 6.45) is 0. The van der Waals surface area contributed by atoms with Gasteiger partial charge in [-0.25, -0.2) is 4.79 Å². The molecule has 0 saturated heterocycles. The van der Waals surface area contributed by atoms with Crippen molar-refractivity contribution in [3.63, 3.8) is 0 Å². The Labute approximate surface area is 128 Å². The van der Waals surface area contributed by atoms with Gasteiger partial charge in [-0.15, -0.1) is 0 Å². The number of hydrogen-bond donors (Lipinski definition) is 2. The first-order valence-electron chi connectivity index (χ1n) is 5.82. The monoisotopic (exact) mass is 361 g/mol. The molecule has 0 spiro atoms. The first kappa shape index (κ1) is 16.8. The summed E-state index contributed by atoms with van der Waals surface area (Å²) < 4.78 is 12.8. The molecule has 20 heavy (non-hydrogen) atoms. The van der Waals surface area contributed by atoms with Crippen molar-refractivity contribution in [3.8, 4) is 0 Å². The number of amides is 1. The second kappa shape index (κ2) is 6.49. The average molecular weight is 362 g/mol. The van der Waals surface area contributed by atoms with Crippen LogP contribution in [0.4, 0.5) is 0 Å². The molecule has 0 aliphatic heterocycles. The van der Waals surface area contributed by atoms with E-state index in [0.29, 0.717) is 4.47 Å². The van der Waals surface area contributed by atoms with Gasteiger partial charge >= 0.3 is 5.97 Å². The number of rotatable bonds is 4. The number of hydrogen-bond acceptors (Lipinski definition) is 3. The highest BCUT2D eigenvalue weighted by Gasteiger charge is 2.20. The lowest BCUT2D eigenvalue weighted by atomic mass is 10.1. The largest absolute Gasteiger partial charge is 0.478 e. The predicted molar refractivity (Wildman–Crippen MR) is 80.3 cm³/mol. The van der Waals surface area contributed by atoms with Crippen LogP contribution in [0.5, 0.6) is 0 Å². The Morgan fingerprint density at radius 3 is 2.45 bits per heavy atom. The Bertz CT molecular complexity index is 566. The molecule has 5 nitrogen and oxygen atoms in total. The molecule has 1 aromatic rings. The van der Waals surface area contributed by atoms with Gasteiger partial charge in [-0.05, 0) is 39.0 Å². The number of nitrogens with one attached hydrogen (secondary N) is 1. The lowest BCUT2D eigenvalue weighted by Gasteiger charge is -2.20. The fourth-order valence-corrected chi connectivity index (χ4v) is 3.15. The van der Waals surface area contributed by atoms with Crippen molar-refractivity contribution in [2.24, 2.45) is 0 Å². The van der Waals surface area contributed by atoms with E-state index in [1.54, 1.807) is 6.07 Å². The Hall–Kier alpha value is -1.21. The lowest BCUT2D eigenvalue weighted by molar-refractivity contribution is -0.119. The molecule has 1 aromatic carbocycles. The van der Waals surface area contributed by atoms with Gasteiger partial charge in [-0.3, -0.25) is 9.00 Å². The summed E-state index contributed by atoms with van der Waals surface area (Å²) >= 11 is 3.20. The van der Waals surface area contributed by atoms with Crippen molar-refractivity contribution in [1.29, 1.82) is 0 Å². The molecule has 0 heterocycles. The number of benzene rings is 1. The maximum Gasteiger partial charge on any atom is 0.336 e. The molecule has 0 radical (unpaired) electrons. The first-order valence-corrected chi connectivity index (χ1v) is 7.93. The molecule has 0 saturated carbocycles. The van der Waals surface area contributed by atoms with Crippen LogP contribution in [0.25, 0.3) is 0 Å². The summed E-state index contributed by atoms with van der Waals surface area (Å²) in [5.41, 5.74) is -0.483. The van der Waals surface area contributed by atoms with Crippen molar-refractivity contribution < 1.29 is 18.9 Å². The van der Waals surface area contributed by atoms with Gasteiger partial charge in [0.05, 0.1) is 21.3 Å². The van der Waals surface area contributed by atoms with Crippen LogP contribution in [0.1, 0.15) is 31.1 Å². The van der Waals surface area contributed by atoms with E-state index in [-0.39, 0.29) is 22.1 Å². The first-order chi connectivity index (χ1) is 9.10. The fourth-order valence-electron chi connectivity index (χ4n) is 1.51. The third-order valence-electron chi connectivity index (χ3n) is 2.20. The zero-order chi connectivity index (χ0) is 15.5. The van der Waals surface area contributed by atoms with E-state index >= 15 is 0 Å². The van der Waals surface area contributed by atoms with Crippen molar-refractivity contribution in [1.82, 2.24) is 5.32 Å². The van der Waals surface area contributed by atoms with Crippen LogP contribution in [-0.4, -0.2) is 32.5 Å². The molecule has 0 aliphatic rings. The minimum absolute atomic E-state index is 0.0601. The molecule has 1 amide bonds. The summed E-state index contributed by atoms with van der Waals surface area (Å²) in [5.74, 6) is -1.82. The third kappa shape index (κ3) is 5.05. The van der Waals surface area contributed by atoms with E-state index in [4.69, 9.17) is 5.11 Å². The molecule has 1 atom stereocenters. The van der Waals surface area contributed by atoms with Crippen LogP contribution in [0.3, 0.4) is 0 Å². The zero-order valence-electron chi connectivity index (χ0n) is 11.4. The summed E-state index contributed by atoms with van der Waals surface area (Å²) in [5, 5.41) is 11.8. The third-order valence-corrected chi connectivity index (χ3v) is 4.04. The molecule has 2 N–H and O–H groups in total. The lowest BCUT2D eigenvalue weighted by Crippen LogP contribution is -2.42. The van der Waals surface area contributed by atoms with Gasteiger partial charge in [0, 0.05) is 10.0 Å². The molecule has 1 unspecified atom stereocenters. The number of carbonyl (C=O) groups is 2. The highest BCUT2D eigenvalue weighted by Crippen LogP contribution is 2.20. The molecule has 0 bridgehead atoms. The molecular formula is C13H16BrNO4S. The fraction of sp³-hybridized carbons (Fsp3) is 0.385. The van der Waals surface area contributed by atoms with Crippen LogP contribution in [-0.2, 0) is 15.6 Å². The van der Waals surface area contributed by atoms with Crippen LogP contribution in [0.2, 0.25) is 0 Å². The number of carbonyl (C=O) groups excluding carboxylic acids is 1. The second-order valence-electron chi connectivity index (χ2n) is 5.23. The molecule has 7 heteroatoms. The van der Waals surface area contributed by atoms with Crippen LogP contribution in [0, 0.1) is 0 Å². The van der Waals surface area contributed by atoms with Crippen molar-refractivity contribution in [2.75, 3.05) is 5.75 Å². The van der Waals surface area contributed by atoms with E-state index in [2.05, 4.69) is 21.2 Å². The molecular weight excluding hydrogens is 346 g/mol. The Morgan fingerprint density at radius 1 is 1.35 bits per heavy atom. The standard InChI is InChI=1S/C13H16BrNO4S/c1-13(2,3)15-11(16)7-20(19)10-6-8(14)4-5-9(10)12(17)18/h4-6H,7H2,1-3H3,(H,15,16)(H,17,18). The van der Waals surface area contributed by atoms with E-state index < -0.39 is 22.3 Å². The molecule has 1 rings (SSSR count). The van der Waals surface area contributed by atoms with Gasteiger partial charge in [0.15, 0.2) is 0 Å². The minimum Gasteiger partial charge on any atom is -0.478 e. The summed E-state index contributed by atoms with van der Waals surface area (Å²) in [4.78, 5) is 23.0.